The Kier molecular flexibility index (Phi) is 5.71. The number of hydrogen-bond donors (Lipinski definition) is 0. The molecule has 2 aromatic carbocycles. The first-order valence-electron chi connectivity index (χ1n) is 6.44. The summed E-state index contributed by atoms with van der Waals surface area (Å²) < 4.78 is 0.651. The Morgan fingerprint density at radius 2 is 1.73 bits per heavy atom. The van der Waals surface area contributed by atoms with Crippen molar-refractivity contribution in [3.8, 4) is 6.07 Å². The van der Waals surface area contributed by atoms with Gasteiger partial charge in [0.2, 0.25) is 5.78 Å². The molecule has 2 nitrogen and oxygen atoms in total. The molecule has 0 radical (unpaired) electrons. The maximum absolute atomic E-state index is 12.3. The summed E-state index contributed by atoms with van der Waals surface area (Å²) in [4.78, 5) is 12.3. The first kappa shape index (κ1) is 16.2. The number of nitrogens with zero attached hydrogens (tertiary/aromatic N) is 1. The molecule has 0 spiro atoms. The standard InChI is InChI=1S/C18H11BrClNO/c19-16(10-13-4-2-1-3-5-13)11-15(12-21)18(22)14-6-8-17(20)9-7-14/h1-11H/b15-11+,16-10-. The van der Waals surface area contributed by atoms with Gasteiger partial charge in [-0.05, 0) is 42.0 Å². The molecule has 0 heterocycles. The minimum atomic E-state index is -0.336. The second-order valence-electron chi connectivity index (χ2n) is 4.45. The van der Waals surface area contributed by atoms with E-state index in [1.165, 1.54) is 6.08 Å². The van der Waals surface area contributed by atoms with Gasteiger partial charge in [0.1, 0.15) is 11.6 Å². The quantitative estimate of drug-likeness (QED) is 0.312. The van der Waals surface area contributed by atoms with Crippen molar-refractivity contribution < 1.29 is 4.79 Å². The van der Waals surface area contributed by atoms with Crippen molar-refractivity contribution in [1.29, 1.82) is 5.26 Å². The van der Waals surface area contributed by atoms with Crippen molar-refractivity contribution in [2.75, 3.05) is 0 Å². The molecule has 0 aliphatic carbocycles. The topological polar surface area (TPSA) is 40.9 Å². The molecular formula is C18H11BrClNO. The molecule has 0 aliphatic heterocycles. The normalized spacial score (nSPS) is 11.9. The molecule has 0 aliphatic rings. The Hall–Kier alpha value is -2.15. The Bertz CT molecular complexity index is 771. The van der Waals surface area contributed by atoms with Crippen molar-refractivity contribution in [2.24, 2.45) is 0 Å². The summed E-state index contributed by atoms with van der Waals surface area (Å²) in [5.74, 6) is -0.336. The number of carbonyl (C=O) groups excluding carboxylic acids is 1. The fraction of sp³-hybridized carbons (Fsp3) is 0. The van der Waals surface area contributed by atoms with E-state index >= 15 is 0 Å². The Morgan fingerprint density at radius 1 is 1.09 bits per heavy atom. The highest BCUT2D eigenvalue weighted by Gasteiger charge is 2.12. The minimum absolute atomic E-state index is 0.0568. The number of allylic oxidation sites excluding steroid dienone is 3. The van der Waals surface area contributed by atoms with E-state index in [-0.39, 0.29) is 11.4 Å². The van der Waals surface area contributed by atoms with Crippen LogP contribution in [0.2, 0.25) is 5.02 Å². The molecule has 0 amide bonds. The van der Waals surface area contributed by atoms with Gasteiger partial charge in [-0.1, -0.05) is 57.9 Å². The first-order valence-corrected chi connectivity index (χ1v) is 7.61. The molecule has 108 valence electrons. The summed E-state index contributed by atoms with van der Waals surface area (Å²) in [6.45, 7) is 0. The number of Topliss-reactive ketones (excluding diaryl/α,β-unsaturated/α-hetero) is 1. The molecule has 0 atom stereocenters. The smallest absolute Gasteiger partial charge is 0.203 e. The molecular weight excluding hydrogens is 362 g/mol. The van der Waals surface area contributed by atoms with E-state index in [2.05, 4.69) is 15.9 Å². The third-order valence-corrected chi connectivity index (χ3v) is 3.57. The maximum Gasteiger partial charge on any atom is 0.203 e. The lowest BCUT2D eigenvalue weighted by molar-refractivity contribution is 0.103. The zero-order valence-corrected chi connectivity index (χ0v) is 13.8. The fourth-order valence-electron chi connectivity index (χ4n) is 1.79. The van der Waals surface area contributed by atoms with Crippen molar-refractivity contribution >= 4 is 39.4 Å². The SMILES string of the molecule is N#C/C(=C\C(Br)=C\c1ccccc1)C(=O)c1ccc(Cl)cc1. The summed E-state index contributed by atoms with van der Waals surface area (Å²) in [7, 11) is 0. The molecule has 0 saturated carbocycles. The van der Waals surface area contributed by atoms with Gasteiger partial charge in [0.15, 0.2) is 0 Å². The molecule has 0 saturated heterocycles. The molecule has 2 rings (SSSR count). The van der Waals surface area contributed by atoms with Crippen molar-refractivity contribution in [3.63, 3.8) is 0 Å². The van der Waals surface area contributed by atoms with Crippen LogP contribution in [0.5, 0.6) is 0 Å². The zero-order valence-electron chi connectivity index (χ0n) is 11.5. The number of halogens is 2. The average Bonchev–Trinajstić information content (AvgIpc) is 2.53. The van der Waals surface area contributed by atoms with Gasteiger partial charge in [-0.15, -0.1) is 0 Å². The van der Waals surface area contributed by atoms with Gasteiger partial charge in [0.25, 0.3) is 0 Å². The number of nitriles is 1. The largest absolute Gasteiger partial charge is 0.288 e. The third kappa shape index (κ3) is 4.42. The second-order valence-corrected chi connectivity index (χ2v) is 5.80. The van der Waals surface area contributed by atoms with E-state index in [0.717, 1.165) is 5.56 Å². The number of benzene rings is 2. The highest BCUT2D eigenvalue weighted by molar-refractivity contribution is 9.12. The molecule has 0 N–H and O–H groups in total. The van der Waals surface area contributed by atoms with E-state index in [4.69, 9.17) is 11.6 Å². The Labute approximate surface area is 142 Å². The molecule has 22 heavy (non-hydrogen) atoms. The summed E-state index contributed by atoms with van der Waals surface area (Å²) in [6, 6.07) is 18.0. The van der Waals surface area contributed by atoms with E-state index in [0.29, 0.717) is 15.1 Å². The summed E-state index contributed by atoms with van der Waals surface area (Å²) >= 11 is 9.17. The van der Waals surface area contributed by atoms with Crippen LogP contribution in [0.25, 0.3) is 6.08 Å². The fourth-order valence-corrected chi connectivity index (χ4v) is 2.41. The molecule has 0 fully saturated rings. The van der Waals surface area contributed by atoms with Crippen LogP contribution in [0.15, 0.2) is 70.7 Å². The van der Waals surface area contributed by atoms with Crippen LogP contribution in [0, 0.1) is 11.3 Å². The van der Waals surface area contributed by atoms with Crippen LogP contribution >= 0.6 is 27.5 Å². The lowest BCUT2D eigenvalue weighted by atomic mass is 10.0. The molecule has 0 unspecified atom stereocenters. The number of carbonyl (C=O) groups is 1. The lowest BCUT2D eigenvalue weighted by Crippen LogP contribution is -2.01. The third-order valence-electron chi connectivity index (χ3n) is 2.86. The van der Waals surface area contributed by atoms with Gasteiger partial charge in [0, 0.05) is 15.1 Å². The van der Waals surface area contributed by atoms with Crippen LogP contribution in [0.1, 0.15) is 15.9 Å². The van der Waals surface area contributed by atoms with E-state index in [1.54, 1.807) is 24.3 Å². The maximum atomic E-state index is 12.3. The Balaban J connectivity index is 2.27. The molecule has 2 aromatic rings. The van der Waals surface area contributed by atoms with Crippen LogP contribution in [-0.4, -0.2) is 5.78 Å². The van der Waals surface area contributed by atoms with Crippen molar-refractivity contribution in [3.05, 3.63) is 86.9 Å². The predicted octanol–water partition coefficient (Wildman–Crippen LogP) is 5.41. The highest BCUT2D eigenvalue weighted by Crippen LogP contribution is 2.18. The van der Waals surface area contributed by atoms with E-state index < -0.39 is 0 Å². The molecule has 0 bridgehead atoms. The van der Waals surface area contributed by atoms with Crippen molar-refractivity contribution in [1.82, 2.24) is 0 Å². The van der Waals surface area contributed by atoms with Gasteiger partial charge in [-0.2, -0.15) is 5.26 Å². The highest BCUT2D eigenvalue weighted by atomic mass is 79.9. The van der Waals surface area contributed by atoms with Crippen LogP contribution in [-0.2, 0) is 0 Å². The zero-order chi connectivity index (χ0) is 15.9. The first-order chi connectivity index (χ1) is 10.6. The summed E-state index contributed by atoms with van der Waals surface area (Å²) in [5, 5.41) is 9.76. The minimum Gasteiger partial charge on any atom is -0.288 e. The monoisotopic (exact) mass is 371 g/mol. The van der Waals surface area contributed by atoms with Gasteiger partial charge >= 0.3 is 0 Å². The summed E-state index contributed by atoms with van der Waals surface area (Å²) in [5.41, 5.74) is 1.46. The van der Waals surface area contributed by atoms with Gasteiger partial charge < -0.3 is 0 Å². The van der Waals surface area contributed by atoms with Gasteiger partial charge in [-0.3, -0.25) is 4.79 Å². The number of ketones is 1. The van der Waals surface area contributed by atoms with Gasteiger partial charge in [0.05, 0.1) is 0 Å². The number of rotatable bonds is 4. The average molecular weight is 373 g/mol. The second kappa shape index (κ2) is 7.74. The van der Waals surface area contributed by atoms with E-state index in [9.17, 15) is 10.1 Å². The lowest BCUT2D eigenvalue weighted by Gasteiger charge is -2.00. The van der Waals surface area contributed by atoms with Crippen LogP contribution in [0.4, 0.5) is 0 Å². The Morgan fingerprint density at radius 3 is 2.32 bits per heavy atom. The number of hydrogen-bond acceptors (Lipinski definition) is 2. The van der Waals surface area contributed by atoms with Gasteiger partial charge in [-0.25, -0.2) is 0 Å². The van der Waals surface area contributed by atoms with Crippen molar-refractivity contribution in [2.45, 2.75) is 0 Å². The predicted molar refractivity (Wildman–Crippen MR) is 92.8 cm³/mol. The molecule has 4 heteroatoms. The summed E-state index contributed by atoms with van der Waals surface area (Å²) in [6.07, 6.45) is 3.36. The van der Waals surface area contributed by atoms with Crippen LogP contribution in [0.3, 0.4) is 0 Å². The molecule has 0 aromatic heterocycles. The van der Waals surface area contributed by atoms with E-state index in [1.807, 2.05) is 42.5 Å². The van der Waals surface area contributed by atoms with Crippen LogP contribution < -0.4 is 0 Å².